The normalized spacial score (nSPS) is 13.5. The maximum absolute atomic E-state index is 2.45. The number of aryl methyl sites for hydroxylation is 3. The van der Waals surface area contributed by atoms with Gasteiger partial charge in [-0.1, -0.05) is 78.4 Å². The quantitative estimate of drug-likeness (QED) is 0.459. The van der Waals surface area contributed by atoms with Crippen LogP contribution in [0.4, 0.5) is 5.69 Å². The zero-order valence-electron chi connectivity index (χ0n) is 18.3. The number of nitrogens with zero attached hydrogens (tertiary/aromatic N) is 2. The molecule has 0 saturated heterocycles. The molecule has 3 aromatic carbocycles. The van der Waals surface area contributed by atoms with Gasteiger partial charge < -0.3 is 9.80 Å². The maximum atomic E-state index is 2.45. The summed E-state index contributed by atoms with van der Waals surface area (Å²) in [5.41, 5.74) is 5.41. The molecule has 0 radical (unpaired) electrons. The molecule has 0 atom stereocenters. The van der Waals surface area contributed by atoms with Gasteiger partial charge in [-0.15, -0.1) is 0 Å². The molecular weight excluding hydrogens is 383 g/mol. The molecule has 4 rings (SSSR count). The van der Waals surface area contributed by atoms with Gasteiger partial charge in [0.15, 0.2) is 0 Å². The first-order valence-electron chi connectivity index (χ1n) is 10.8. The highest BCUT2D eigenvalue weighted by molar-refractivity contribution is 7.73. The summed E-state index contributed by atoms with van der Waals surface area (Å²) in [7, 11) is -0.304. The minimum Gasteiger partial charge on any atom is -0.358 e. The number of anilines is 1. The fourth-order valence-electron chi connectivity index (χ4n) is 4.44. The molecule has 1 aliphatic rings. The second-order valence-electron chi connectivity index (χ2n) is 8.15. The van der Waals surface area contributed by atoms with Gasteiger partial charge in [0.05, 0.1) is 6.67 Å². The van der Waals surface area contributed by atoms with Crippen molar-refractivity contribution in [2.24, 2.45) is 0 Å². The standard InChI is InChI=1S/C27H31N2P/c1-22-19-23(2)27(24(3)20-22)29-17-16-28(21-29)15-10-18-30(25-11-6-4-7-12-25)26-13-8-5-9-14-26/h4-9,11-14,16-17,19-20H,10,15,18,21H2,1-3H3. The molecule has 0 aromatic heterocycles. The molecule has 0 N–H and O–H groups in total. The molecule has 1 heterocycles. The van der Waals surface area contributed by atoms with Crippen molar-refractivity contribution in [3.63, 3.8) is 0 Å². The largest absolute Gasteiger partial charge is 0.358 e. The first-order valence-corrected chi connectivity index (χ1v) is 12.3. The first-order chi connectivity index (χ1) is 14.6. The summed E-state index contributed by atoms with van der Waals surface area (Å²) in [6.45, 7) is 8.65. The van der Waals surface area contributed by atoms with E-state index in [2.05, 4.69) is 116 Å². The minimum atomic E-state index is -0.304. The van der Waals surface area contributed by atoms with E-state index in [1.807, 2.05) is 0 Å². The predicted octanol–water partition coefficient (Wildman–Crippen LogP) is 5.69. The van der Waals surface area contributed by atoms with Crippen molar-refractivity contribution in [3.05, 3.63) is 102 Å². The van der Waals surface area contributed by atoms with Crippen molar-refractivity contribution < 1.29 is 0 Å². The third-order valence-corrected chi connectivity index (χ3v) is 8.28. The summed E-state index contributed by atoms with van der Waals surface area (Å²) in [5.74, 6) is 0. The fourth-order valence-corrected chi connectivity index (χ4v) is 6.77. The summed E-state index contributed by atoms with van der Waals surface area (Å²) in [6.07, 6.45) is 6.91. The molecule has 154 valence electrons. The molecule has 0 fully saturated rings. The predicted molar refractivity (Wildman–Crippen MR) is 132 cm³/mol. The van der Waals surface area contributed by atoms with E-state index in [0.717, 1.165) is 13.2 Å². The van der Waals surface area contributed by atoms with Crippen molar-refractivity contribution in [2.75, 3.05) is 24.3 Å². The van der Waals surface area contributed by atoms with Crippen molar-refractivity contribution in [2.45, 2.75) is 27.2 Å². The molecule has 3 heteroatoms. The van der Waals surface area contributed by atoms with Gasteiger partial charge >= 0.3 is 0 Å². The summed E-state index contributed by atoms with van der Waals surface area (Å²) in [4.78, 5) is 4.84. The number of rotatable bonds is 7. The Bertz CT molecular complexity index is 935. The van der Waals surface area contributed by atoms with Crippen LogP contribution in [0.2, 0.25) is 0 Å². The van der Waals surface area contributed by atoms with E-state index in [-0.39, 0.29) is 7.92 Å². The summed E-state index contributed by atoms with van der Waals surface area (Å²) >= 11 is 0. The van der Waals surface area contributed by atoms with Crippen LogP contribution in [0.15, 0.2) is 85.2 Å². The van der Waals surface area contributed by atoms with Crippen LogP contribution in [-0.4, -0.2) is 24.3 Å². The van der Waals surface area contributed by atoms with Crippen molar-refractivity contribution in [3.8, 4) is 0 Å². The smallest absolute Gasteiger partial charge is 0.0942 e. The van der Waals surface area contributed by atoms with Crippen molar-refractivity contribution in [1.29, 1.82) is 0 Å². The molecule has 3 aromatic rings. The van der Waals surface area contributed by atoms with Gasteiger partial charge in [-0.2, -0.15) is 0 Å². The summed E-state index contributed by atoms with van der Waals surface area (Å²) in [6, 6.07) is 26.6. The highest BCUT2D eigenvalue weighted by Crippen LogP contribution is 2.34. The van der Waals surface area contributed by atoms with Gasteiger partial charge in [0.1, 0.15) is 0 Å². The molecule has 0 unspecified atom stereocenters. The van der Waals surface area contributed by atoms with E-state index in [1.54, 1.807) is 0 Å². The fraction of sp³-hybridized carbons (Fsp3) is 0.259. The molecule has 0 aliphatic carbocycles. The van der Waals surface area contributed by atoms with E-state index < -0.39 is 0 Å². The van der Waals surface area contributed by atoms with Crippen LogP contribution < -0.4 is 15.5 Å². The van der Waals surface area contributed by atoms with Gasteiger partial charge in [-0.05, 0) is 63.0 Å². The van der Waals surface area contributed by atoms with Gasteiger partial charge in [-0.25, -0.2) is 0 Å². The zero-order chi connectivity index (χ0) is 20.9. The molecule has 0 spiro atoms. The zero-order valence-corrected chi connectivity index (χ0v) is 19.1. The molecule has 1 aliphatic heterocycles. The SMILES string of the molecule is Cc1cc(C)c(N2C=CN(CCCP(c3ccccc3)c3ccccc3)C2)c(C)c1. The van der Waals surface area contributed by atoms with E-state index >= 15 is 0 Å². The van der Waals surface area contributed by atoms with Crippen LogP contribution in [-0.2, 0) is 0 Å². The van der Waals surface area contributed by atoms with Crippen LogP contribution in [0.25, 0.3) is 0 Å². The first kappa shape index (κ1) is 20.7. The third-order valence-electron chi connectivity index (χ3n) is 5.68. The van der Waals surface area contributed by atoms with Crippen LogP contribution in [0.1, 0.15) is 23.1 Å². The number of hydrogen-bond donors (Lipinski definition) is 0. The Morgan fingerprint density at radius 3 is 1.90 bits per heavy atom. The topological polar surface area (TPSA) is 6.48 Å². The summed E-state index contributed by atoms with van der Waals surface area (Å²) < 4.78 is 0. The van der Waals surface area contributed by atoms with Crippen LogP contribution in [0, 0.1) is 20.8 Å². The maximum Gasteiger partial charge on any atom is 0.0942 e. The van der Waals surface area contributed by atoms with E-state index in [9.17, 15) is 0 Å². The third kappa shape index (κ3) is 4.77. The highest BCUT2D eigenvalue weighted by atomic mass is 31.1. The molecule has 30 heavy (non-hydrogen) atoms. The van der Waals surface area contributed by atoms with Crippen LogP contribution in [0.3, 0.4) is 0 Å². The van der Waals surface area contributed by atoms with E-state index in [1.165, 1.54) is 45.6 Å². The number of hydrogen-bond acceptors (Lipinski definition) is 2. The Labute approximate surface area is 182 Å². The highest BCUT2D eigenvalue weighted by Gasteiger charge is 2.19. The Balaban J connectivity index is 1.39. The Morgan fingerprint density at radius 2 is 1.33 bits per heavy atom. The lowest BCUT2D eigenvalue weighted by molar-refractivity contribution is 0.407. The van der Waals surface area contributed by atoms with Gasteiger partial charge in [0.2, 0.25) is 0 Å². The van der Waals surface area contributed by atoms with Crippen LogP contribution >= 0.6 is 7.92 Å². The van der Waals surface area contributed by atoms with Crippen LogP contribution in [0.5, 0.6) is 0 Å². The monoisotopic (exact) mass is 414 g/mol. The lowest BCUT2D eigenvalue weighted by atomic mass is 10.0. The molecule has 0 bridgehead atoms. The molecule has 2 nitrogen and oxygen atoms in total. The van der Waals surface area contributed by atoms with E-state index in [4.69, 9.17) is 0 Å². The minimum absolute atomic E-state index is 0.304. The second-order valence-corrected chi connectivity index (χ2v) is 10.5. The van der Waals surface area contributed by atoms with Crippen molar-refractivity contribution >= 4 is 24.2 Å². The average Bonchev–Trinajstić information content (AvgIpc) is 3.20. The van der Waals surface area contributed by atoms with E-state index in [0.29, 0.717) is 0 Å². The Hall–Kier alpha value is -2.57. The second kappa shape index (κ2) is 9.49. The summed E-state index contributed by atoms with van der Waals surface area (Å²) in [5, 5.41) is 2.95. The number of benzene rings is 3. The molecular formula is C27H31N2P. The van der Waals surface area contributed by atoms with Gasteiger partial charge in [-0.3, -0.25) is 0 Å². The van der Waals surface area contributed by atoms with Gasteiger partial charge in [0, 0.05) is 24.6 Å². The lowest BCUT2D eigenvalue weighted by Crippen LogP contribution is -2.27. The molecule has 0 saturated carbocycles. The van der Waals surface area contributed by atoms with Gasteiger partial charge in [0.25, 0.3) is 0 Å². The molecule has 0 amide bonds. The Kier molecular flexibility index (Phi) is 6.55. The van der Waals surface area contributed by atoms with Crippen molar-refractivity contribution in [1.82, 2.24) is 4.90 Å². The average molecular weight is 415 g/mol. The lowest BCUT2D eigenvalue weighted by Gasteiger charge is -2.25. The Morgan fingerprint density at radius 1 is 0.767 bits per heavy atom.